The molecule has 1 N–H and O–H groups in total. The highest BCUT2D eigenvalue weighted by molar-refractivity contribution is 5.79. The van der Waals surface area contributed by atoms with E-state index in [9.17, 15) is 13.6 Å². The van der Waals surface area contributed by atoms with Crippen molar-refractivity contribution >= 4 is 28.7 Å². The summed E-state index contributed by atoms with van der Waals surface area (Å²) in [5.41, 5.74) is 2.05. The maximum Gasteiger partial charge on any atom is 0.296 e. The van der Waals surface area contributed by atoms with Crippen LogP contribution in [0.25, 0.3) is 16.9 Å². The van der Waals surface area contributed by atoms with E-state index in [2.05, 4.69) is 15.2 Å². The average molecular weight is 526 g/mol. The number of rotatable bonds is 6. The molecule has 3 aliphatic rings. The van der Waals surface area contributed by atoms with Gasteiger partial charge in [0.25, 0.3) is 6.43 Å². The molecule has 2 aromatic heterocycles. The van der Waals surface area contributed by atoms with Crippen LogP contribution < -0.4 is 10.2 Å². The van der Waals surface area contributed by atoms with E-state index in [-0.39, 0.29) is 17.8 Å². The molecular weight excluding hydrogens is 492 g/mol. The zero-order chi connectivity index (χ0) is 26.2. The lowest BCUT2D eigenvalue weighted by atomic mass is 9.90. The van der Waals surface area contributed by atoms with E-state index in [4.69, 9.17) is 14.7 Å². The van der Waals surface area contributed by atoms with Gasteiger partial charge in [0.1, 0.15) is 11.6 Å². The number of amides is 1. The second kappa shape index (κ2) is 10.4. The zero-order valence-corrected chi connectivity index (χ0v) is 21.6. The predicted octanol–water partition coefficient (Wildman–Crippen LogP) is 4.24. The highest BCUT2D eigenvalue weighted by atomic mass is 19.3. The number of alkyl halides is 2. The predicted molar refractivity (Wildman–Crippen MR) is 140 cm³/mol. The summed E-state index contributed by atoms with van der Waals surface area (Å²) in [6.45, 7) is 5.28. The summed E-state index contributed by atoms with van der Waals surface area (Å²) in [5, 5.41) is 3.49. The molecule has 0 atom stereocenters. The fraction of sp³-hybridized carbons (Fsp3) is 0.556. The molecule has 9 nitrogen and oxygen atoms in total. The second-order valence-electron chi connectivity index (χ2n) is 10.4. The Hall–Kier alpha value is -3.34. The number of benzene rings is 1. The minimum absolute atomic E-state index is 0.146. The van der Waals surface area contributed by atoms with E-state index >= 15 is 0 Å². The van der Waals surface area contributed by atoms with Gasteiger partial charge in [-0.15, -0.1) is 0 Å². The van der Waals surface area contributed by atoms with Crippen LogP contribution >= 0.6 is 0 Å². The smallest absolute Gasteiger partial charge is 0.296 e. The molecule has 3 aromatic rings. The number of halogens is 2. The Labute approximate surface area is 220 Å². The Morgan fingerprint density at radius 3 is 2.47 bits per heavy atom. The summed E-state index contributed by atoms with van der Waals surface area (Å²) in [4.78, 5) is 30.1. The molecule has 2 saturated heterocycles. The molecule has 38 heavy (non-hydrogen) atoms. The third-order valence-corrected chi connectivity index (χ3v) is 7.88. The first kappa shape index (κ1) is 25.0. The van der Waals surface area contributed by atoms with Gasteiger partial charge in [0.05, 0.1) is 24.2 Å². The monoisotopic (exact) mass is 525 g/mol. The molecular formula is C27H33F2N7O2. The van der Waals surface area contributed by atoms with Crippen molar-refractivity contribution in [3.63, 3.8) is 0 Å². The number of nitrogens with one attached hydrogen (secondary N) is 1. The summed E-state index contributed by atoms with van der Waals surface area (Å²) in [6.07, 6.45) is 2.50. The molecule has 202 valence electrons. The molecule has 0 spiro atoms. The molecule has 0 radical (unpaired) electrons. The number of ether oxygens (including phenoxy) is 1. The van der Waals surface area contributed by atoms with Crippen LogP contribution in [0.5, 0.6) is 0 Å². The number of carbonyl (C=O) groups is 1. The van der Waals surface area contributed by atoms with Crippen LogP contribution in [0.3, 0.4) is 0 Å². The van der Waals surface area contributed by atoms with Crippen molar-refractivity contribution in [1.82, 2.24) is 24.4 Å². The Morgan fingerprint density at radius 2 is 1.76 bits per heavy atom. The van der Waals surface area contributed by atoms with Crippen LogP contribution in [0.2, 0.25) is 0 Å². The van der Waals surface area contributed by atoms with Gasteiger partial charge in [-0.3, -0.25) is 9.36 Å². The Bertz CT molecular complexity index is 1320. The van der Waals surface area contributed by atoms with Crippen LogP contribution in [0.4, 0.5) is 20.5 Å². The third kappa shape index (κ3) is 4.91. The van der Waals surface area contributed by atoms with Gasteiger partial charge in [-0.1, -0.05) is 6.07 Å². The number of hydrogen-bond donors (Lipinski definition) is 1. The Kier molecular flexibility index (Phi) is 6.86. The lowest BCUT2D eigenvalue weighted by Gasteiger charge is -2.35. The maximum absolute atomic E-state index is 14.2. The SMILES string of the molecule is Cc1ccc2nc(C(F)F)n(-c3cc(N4CCOCC4)nc(NC4CCC(N5CCCC5=O)CC4)n3)c2c1. The maximum atomic E-state index is 14.2. The van der Waals surface area contributed by atoms with Crippen molar-refractivity contribution in [3.8, 4) is 5.82 Å². The van der Waals surface area contributed by atoms with Crippen molar-refractivity contribution in [2.75, 3.05) is 43.1 Å². The summed E-state index contributed by atoms with van der Waals surface area (Å²) < 4.78 is 35.3. The van der Waals surface area contributed by atoms with Crippen molar-refractivity contribution in [2.45, 2.75) is 64.0 Å². The number of carbonyl (C=O) groups excluding carboxylic acids is 1. The van der Waals surface area contributed by atoms with Gasteiger partial charge in [-0.25, -0.2) is 13.8 Å². The largest absolute Gasteiger partial charge is 0.378 e. The van der Waals surface area contributed by atoms with E-state index in [0.717, 1.165) is 44.2 Å². The van der Waals surface area contributed by atoms with Gasteiger partial charge in [0, 0.05) is 44.2 Å². The van der Waals surface area contributed by atoms with Gasteiger partial charge < -0.3 is 19.9 Å². The van der Waals surface area contributed by atoms with Crippen molar-refractivity contribution in [1.29, 1.82) is 0 Å². The van der Waals surface area contributed by atoms with E-state index in [1.807, 2.05) is 24.0 Å². The summed E-state index contributed by atoms with van der Waals surface area (Å²) in [6, 6.07) is 7.70. The lowest BCUT2D eigenvalue weighted by molar-refractivity contribution is -0.130. The summed E-state index contributed by atoms with van der Waals surface area (Å²) in [5.74, 6) is 1.39. The van der Waals surface area contributed by atoms with Gasteiger partial charge >= 0.3 is 0 Å². The molecule has 1 amide bonds. The minimum atomic E-state index is -2.76. The van der Waals surface area contributed by atoms with Crippen molar-refractivity contribution < 1.29 is 18.3 Å². The van der Waals surface area contributed by atoms with Crippen LogP contribution in [-0.4, -0.2) is 75.3 Å². The number of hydrogen-bond acceptors (Lipinski definition) is 7. The molecule has 1 saturated carbocycles. The lowest BCUT2D eigenvalue weighted by Crippen LogP contribution is -2.41. The number of fused-ring (bicyclic) bond motifs is 1. The zero-order valence-electron chi connectivity index (χ0n) is 21.6. The fourth-order valence-corrected chi connectivity index (χ4v) is 5.92. The molecule has 6 rings (SSSR count). The number of nitrogens with zero attached hydrogens (tertiary/aromatic N) is 6. The van der Waals surface area contributed by atoms with Crippen molar-refractivity contribution in [3.05, 3.63) is 35.7 Å². The summed E-state index contributed by atoms with van der Waals surface area (Å²) >= 11 is 0. The Balaban J connectivity index is 1.33. The molecule has 2 aliphatic heterocycles. The molecule has 1 aliphatic carbocycles. The highest BCUT2D eigenvalue weighted by Gasteiger charge is 2.32. The first-order valence-corrected chi connectivity index (χ1v) is 13.5. The molecule has 0 bridgehead atoms. The number of aromatic nitrogens is 4. The highest BCUT2D eigenvalue weighted by Crippen LogP contribution is 2.31. The molecule has 4 heterocycles. The topological polar surface area (TPSA) is 88.4 Å². The molecule has 11 heteroatoms. The molecule has 0 unspecified atom stereocenters. The standard InChI is InChI=1S/C27H33F2N7O2/c1-17-4-9-20-21(15-17)36(26(31-20)25(28)29)23-16-22(34-11-13-38-14-12-34)32-27(33-23)30-18-5-7-19(8-6-18)35-10-2-3-24(35)37/h4,9,15-16,18-19,25H,2-3,5-8,10-14H2,1H3,(H,30,32,33). The number of aryl methyl sites for hydroxylation is 1. The minimum Gasteiger partial charge on any atom is -0.378 e. The Morgan fingerprint density at radius 1 is 1.00 bits per heavy atom. The van der Waals surface area contributed by atoms with Crippen LogP contribution in [0.15, 0.2) is 24.3 Å². The van der Waals surface area contributed by atoms with E-state index in [1.54, 1.807) is 12.1 Å². The van der Waals surface area contributed by atoms with E-state index < -0.39 is 6.43 Å². The van der Waals surface area contributed by atoms with Crippen LogP contribution in [0.1, 0.15) is 56.3 Å². The number of imidazole rings is 1. The molecule has 1 aromatic carbocycles. The number of anilines is 2. The van der Waals surface area contributed by atoms with Crippen LogP contribution in [0, 0.1) is 6.92 Å². The first-order chi connectivity index (χ1) is 18.5. The van der Waals surface area contributed by atoms with Gasteiger partial charge in [0.15, 0.2) is 5.82 Å². The quantitative estimate of drug-likeness (QED) is 0.515. The van der Waals surface area contributed by atoms with Crippen molar-refractivity contribution in [2.24, 2.45) is 0 Å². The van der Waals surface area contributed by atoms with Gasteiger partial charge in [0.2, 0.25) is 11.9 Å². The van der Waals surface area contributed by atoms with E-state index in [1.165, 1.54) is 4.57 Å². The average Bonchev–Trinajstić information content (AvgIpc) is 3.53. The normalized spacial score (nSPS) is 22.6. The first-order valence-electron chi connectivity index (χ1n) is 13.5. The molecule has 3 fully saturated rings. The third-order valence-electron chi connectivity index (χ3n) is 7.88. The van der Waals surface area contributed by atoms with Gasteiger partial charge in [-0.2, -0.15) is 9.97 Å². The number of likely N-dealkylation sites (tertiary alicyclic amines) is 1. The van der Waals surface area contributed by atoms with Crippen LogP contribution in [-0.2, 0) is 9.53 Å². The summed E-state index contributed by atoms with van der Waals surface area (Å²) in [7, 11) is 0. The second-order valence-corrected chi connectivity index (χ2v) is 10.4. The number of morpholine rings is 1. The fourth-order valence-electron chi connectivity index (χ4n) is 5.92. The van der Waals surface area contributed by atoms with E-state index in [0.29, 0.717) is 67.4 Å². The van der Waals surface area contributed by atoms with Gasteiger partial charge in [-0.05, 0) is 56.7 Å².